The van der Waals surface area contributed by atoms with Crippen LogP contribution in [0.1, 0.15) is 11.1 Å². The number of quaternary nitrogens is 1. The van der Waals surface area contributed by atoms with Gasteiger partial charge in [-0.2, -0.15) is 0 Å². The van der Waals surface area contributed by atoms with Crippen LogP contribution in [0.5, 0.6) is 0 Å². The lowest BCUT2D eigenvalue weighted by Crippen LogP contribution is -2.55. The zero-order valence-electron chi connectivity index (χ0n) is 16.0. The Kier molecular flexibility index (Phi) is 5.74. The molecule has 0 amide bonds. The van der Waals surface area contributed by atoms with Crippen LogP contribution in [0.4, 0.5) is 0 Å². The fraction of sp³-hybridized carbons (Fsp3) is 0.231. The quantitative estimate of drug-likeness (QED) is 0.490. The fourth-order valence-corrected chi connectivity index (χ4v) is 3.57. The standard InChI is InChI=1S/C26H24NO/c1-2-9-23(10-3-1)11-7-17-27(19-21-28-22-20-27)18-8-15-25-14-6-13-24-12-4-5-16-26(24)25/h1-6,9-10,12-14,16H,17-22H2/q+1. The van der Waals surface area contributed by atoms with Crippen molar-refractivity contribution < 1.29 is 9.22 Å². The number of hydrogen-bond acceptors (Lipinski definition) is 1. The van der Waals surface area contributed by atoms with Crippen LogP contribution in [0.2, 0.25) is 0 Å². The molecule has 0 unspecified atom stereocenters. The molecule has 1 saturated heterocycles. The number of rotatable bonds is 2. The van der Waals surface area contributed by atoms with Crippen molar-refractivity contribution >= 4 is 10.8 Å². The van der Waals surface area contributed by atoms with E-state index in [4.69, 9.17) is 4.74 Å². The van der Waals surface area contributed by atoms with Gasteiger partial charge < -0.3 is 4.74 Å². The summed E-state index contributed by atoms with van der Waals surface area (Å²) in [4.78, 5) is 0. The minimum absolute atomic E-state index is 0.781. The third-order valence-corrected chi connectivity index (χ3v) is 5.27. The Labute approximate surface area is 167 Å². The first-order chi connectivity index (χ1) is 13.8. The summed E-state index contributed by atoms with van der Waals surface area (Å²) in [7, 11) is 0. The van der Waals surface area contributed by atoms with Gasteiger partial charge in [0, 0.05) is 11.1 Å². The highest BCUT2D eigenvalue weighted by atomic mass is 16.5. The highest BCUT2D eigenvalue weighted by Gasteiger charge is 2.28. The van der Waals surface area contributed by atoms with E-state index in [-0.39, 0.29) is 0 Å². The van der Waals surface area contributed by atoms with Crippen molar-refractivity contribution in [3.05, 3.63) is 83.9 Å². The lowest BCUT2D eigenvalue weighted by Gasteiger charge is -2.38. The Morgan fingerprint density at radius 1 is 0.714 bits per heavy atom. The lowest BCUT2D eigenvalue weighted by molar-refractivity contribution is -0.922. The molecule has 138 valence electrons. The Bertz CT molecular complexity index is 1050. The summed E-state index contributed by atoms with van der Waals surface area (Å²) in [6.45, 7) is 5.10. The highest BCUT2D eigenvalue weighted by Crippen LogP contribution is 2.17. The van der Waals surface area contributed by atoms with Gasteiger partial charge in [0.05, 0.1) is 13.2 Å². The van der Waals surface area contributed by atoms with Crippen molar-refractivity contribution in [1.82, 2.24) is 0 Å². The van der Waals surface area contributed by atoms with E-state index in [0.717, 1.165) is 55.0 Å². The predicted molar refractivity (Wildman–Crippen MR) is 115 cm³/mol. The zero-order chi connectivity index (χ0) is 19.1. The maximum atomic E-state index is 5.60. The summed E-state index contributed by atoms with van der Waals surface area (Å²) >= 11 is 0. The summed E-state index contributed by atoms with van der Waals surface area (Å²) in [6.07, 6.45) is 0. The molecular weight excluding hydrogens is 342 g/mol. The van der Waals surface area contributed by atoms with Gasteiger partial charge in [-0.25, -0.2) is 0 Å². The van der Waals surface area contributed by atoms with E-state index in [2.05, 4.69) is 78.3 Å². The smallest absolute Gasteiger partial charge is 0.142 e. The van der Waals surface area contributed by atoms with Crippen molar-refractivity contribution in [2.24, 2.45) is 0 Å². The minimum atomic E-state index is 0.781. The van der Waals surface area contributed by atoms with Gasteiger partial charge in [-0.15, -0.1) is 0 Å². The Balaban J connectivity index is 1.53. The number of fused-ring (bicyclic) bond motifs is 1. The van der Waals surface area contributed by atoms with Crippen molar-refractivity contribution in [1.29, 1.82) is 0 Å². The number of hydrogen-bond donors (Lipinski definition) is 0. The molecule has 0 saturated carbocycles. The molecule has 1 heterocycles. The number of morpholine rings is 1. The van der Waals surface area contributed by atoms with Gasteiger partial charge in [-0.05, 0) is 40.8 Å². The Hall–Kier alpha value is -3.04. The van der Waals surface area contributed by atoms with E-state index < -0.39 is 0 Å². The Morgan fingerprint density at radius 3 is 2.21 bits per heavy atom. The van der Waals surface area contributed by atoms with Crippen LogP contribution in [0, 0.1) is 23.7 Å². The highest BCUT2D eigenvalue weighted by molar-refractivity contribution is 5.88. The van der Waals surface area contributed by atoms with E-state index in [9.17, 15) is 0 Å². The molecule has 2 nitrogen and oxygen atoms in total. The number of nitrogens with zero attached hydrogens (tertiary/aromatic N) is 1. The van der Waals surface area contributed by atoms with Gasteiger partial charge in [-0.1, -0.05) is 66.4 Å². The summed E-state index contributed by atoms with van der Waals surface area (Å²) in [5.74, 6) is 13.5. The summed E-state index contributed by atoms with van der Waals surface area (Å²) in [6, 6.07) is 24.9. The molecule has 0 aromatic heterocycles. The molecule has 0 aliphatic carbocycles. The van der Waals surface area contributed by atoms with Crippen LogP contribution in [0.25, 0.3) is 10.8 Å². The summed E-state index contributed by atoms with van der Waals surface area (Å²) in [5.41, 5.74) is 2.16. The molecule has 0 atom stereocenters. The molecule has 0 bridgehead atoms. The Morgan fingerprint density at radius 2 is 1.39 bits per heavy atom. The first-order valence-corrected chi connectivity index (χ1v) is 9.78. The van der Waals surface area contributed by atoms with Crippen molar-refractivity contribution in [3.8, 4) is 23.7 Å². The molecule has 0 spiro atoms. The molecule has 0 radical (unpaired) electrons. The van der Waals surface area contributed by atoms with E-state index >= 15 is 0 Å². The van der Waals surface area contributed by atoms with Gasteiger partial charge in [0.25, 0.3) is 0 Å². The van der Waals surface area contributed by atoms with Crippen molar-refractivity contribution in [3.63, 3.8) is 0 Å². The molecule has 2 heteroatoms. The largest absolute Gasteiger partial charge is 0.370 e. The van der Waals surface area contributed by atoms with Crippen LogP contribution < -0.4 is 0 Å². The third kappa shape index (κ3) is 4.44. The van der Waals surface area contributed by atoms with Crippen LogP contribution >= 0.6 is 0 Å². The average molecular weight is 366 g/mol. The zero-order valence-corrected chi connectivity index (χ0v) is 16.0. The molecule has 28 heavy (non-hydrogen) atoms. The van der Waals surface area contributed by atoms with Crippen LogP contribution in [-0.4, -0.2) is 43.9 Å². The van der Waals surface area contributed by atoms with Crippen LogP contribution in [0.3, 0.4) is 0 Å². The van der Waals surface area contributed by atoms with Gasteiger partial charge >= 0.3 is 0 Å². The summed E-state index contributed by atoms with van der Waals surface area (Å²) in [5, 5.41) is 2.45. The van der Waals surface area contributed by atoms with Crippen LogP contribution in [0.15, 0.2) is 72.8 Å². The average Bonchev–Trinajstić information content (AvgIpc) is 2.75. The first-order valence-electron chi connectivity index (χ1n) is 9.78. The molecule has 3 aromatic rings. The molecule has 4 rings (SSSR count). The fourth-order valence-electron chi connectivity index (χ4n) is 3.57. The molecule has 1 aliphatic rings. The van der Waals surface area contributed by atoms with E-state index in [1.165, 1.54) is 10.8 Å². The van der Waals surface area contributed by atoms with E-state index in [1.807, 2.05) is 18.2 Å². The maximum Gasteiger partial charge on any atom is 0.142 e. The second-order valence-electron chi connectivity index (χ2n) is 7.21. The molecule has 1 fully saturated rings. The monoisotopic (exact) mass is 366 g/mol. The minimum Gasteiger partial charge on any atom is -0.370 e. The molecule has 3 aromatic carbocycles. The second kappa shape index (κ2) is 8.77. The van der Waals surface area contributed by atoms with Gasteiger partial charge in [0.15, 0.2) is 0 Å². The summed E-state index contributed by atoms with van der Waals surface area (Å²) < 4.78 is 6.49. The topological polar surface area (TPSA) is 9.23 Å². The molecule has 0 N–H and O–H groups in total. The number of ether oxygens (including phenoxy) is 1. The first kappa shape index (κ1) is 18.3. The third-order valence-electron chi connectivity index (χ3n) is 5.27. The predicted octanol–water partition coefficient (Wildman–Crippen LogP) is 4.09. The van der Waals surface area contributed by atoms with E-state index in [1.54, 1.807) is 0 Å². The van der Waals surface area contributed by atoms with Gasteiger partial charge in [0.1, 0.15) is 26.2 Å². The van der Waals surface area contributed by atoms with Crippen molar-refractivity contribution in [2.45, 2.75) is 0 Å². The van der Waals surface area contributed by atoms with E-state index in [0.29, 0.717) is 0 Å². The lowest BCUT2D eigenvalue weighted by atomic mass is 10.1. The number of benzene rings is 3. The van der Waals surface area contributed by atoms with Crippen molar-refractivity contribution in [2.75, 3.05) is 39.4 Å². The SMILES string of the molecule is C(#Cc1ccccc1)C[N+]1(CC#Cc2cccc3ccccc23)CCOCC1. The molecule has 1 aliphatic heterocycles. The second-order valence-corrected chi connectivity index (χ2v) is 7.21. The molecular formula is C26H24NO+. The normalized spacial score (nSPS) is 15.1. The maximum absolute atomic E-state index is 5.60. The van der Waals surface area contributed by atoms with Crippen LogP contribution in [-0.2, 0) is 4.74 Å². The van der Waals surface area contributed by atoms with Gasteiger partial charge in [-0.3, -0.25) is 4.48 Å². The van der Waals surface area contributed by atoms with Gasteiger partial charge in [0.2, 0.25) is 0 Å².